The van der Waals surface area contributed by atoms with Crippen LogP contribution in [0.5, 0.6) is 11.5 Å². The molecule has 0 fully saturated rings. The van der Waals surface area contributed by atoms with Gasteiger partial charge in [0.25, 0.3) is 0 Å². The predicted octanol–water partition coefficient (Wildman–Crippen LogP) is -0.479. The number of ether oxygens (including phenoxy) is 1. The summed E-state index contributed by atoms with van der Waals surface area (Å²) in [6.45, 7) is 0.0846. The number of benzene rings is 1. The van der Waals surface area contributed by atoms with Crippen LogP contribution in [0.25, 0.3) is 0 Å². The van der Waals surface area contributed by atoms with Gasteiger partial charge in [0.1, 0.15) is 6.61 Å². The minimum absolute atomic E-state index is 0. The zero-order chi connectivity index (χ0) is 8.97. The van der Waals surface area contributed by atoms with Gasteiger partial charge in [0, 0.05) is 11.8 Å². The maximum absolute atomic E-state index is 9.23. The Morgan fingerprint density at radius 2 is 2.08 bits per heavy atom. The van der Waals surface area contributed by atoms with Crippen molar-refractivity contribution in [2.75, 3.05) is 18.9 Å². The molecule has 0 saturated carbocycles. The van der Waals surface area contributed by atoms with Crippen molar-refractivity contribution in [2.24, 2.45) is 0 Å². The highest BCUT2D eigenvalue weighted by Crippen LogP contribution is 2.27. The Bertz CT molecular complexity index is 264. The molecule has 0 saturated heterocycles. The molecule has 13 heavy (non-hydrogen) atoms. The molecule has 0 heterocycles. The van der Waals surface area contributed by atoms with Crippen molar-refractivity contribution < 1.29 is 20.4 Å². The third-order valence-electron chi connectivity index (χ3n) is 1.33. The van der Waals surface area contributed by atoms with E-state index in [0.29, 0.717) is 11.4 Å². The monoisotopic (exact) mass is 187 g/mol. The maximum Gasteiger partial charge on any atom is 0.161 e. The summed E-state index contributed by atoms with van der Waals surface area (Å²) in [6, 6.07) is 4.57. The molecule has 1 rings (SSSR count). The van der Waals surface area contributed by atoms with E-state index in [2.05, 4.69) is 0 Å². The van der Waals surface area contributed by atoms with Gasteiger partial charge in [-0.1, -0.05) is 0 Å². The van der Waals surface area contributed by atoms with Crippen molar-refractivity contribution in [1.29, 1.82) is 0 Å². The highest BCUT2D eigenvalue weighted by atomic mass is 16.5. The average molecular weight is 187 g/mol. The molecule has 1 aromatic carbocycles. The van der Waals surface area contributed by atoms with E-state index in [9.17, 15) is 5.11 Å². The fourth-order valence-corrected chi connectivity index (χ4v) is 0.812. The van der Waals surface area contributed by atoms with E-state index >= 15 is 0 Å². The maximum atomic E-state index is 9.23. The van der Waals surface area contributed by atoms with Gasteiger partial charge in [-0.15, -0.1) is 0 Å². The topological polar surface area (TPSA) is 107 Å². The van der Waals surface area contributed by atoms with Gasteiger partial charge in [-0.2, -0.15) is 0 Å². The number of nitrogen functional groups attached to an aromatic ring is 1. The SMILES string of the molecule is Nc1ccc(OCCO)c(O)c1.O. The number of hydrogen-bond donors (Lipinski definition) is 3. The summed E-state index contributed by atoms with van der Waals surface area (Å²) in [4.78, 5) is 0. The highest BCUT2D eigenvalue weighted by molar-refractivity contribution is 5.51. The Morgan fingerprint density at radius 1 is 1.38 bits per heavy atom. The van der Waals surface area contributed by atoms with Crippen LogP contribution in [0, 0.1) is 0 Å². The lowest BCUT2D eigenvalue weighted by atomic mass is 10.3. The van der Waals surface area contributed by atoms with Crippen LogP contribution >= 0.6 is 0 Å². The zero-order valence-electron chi connectivity index (χ0n) is 7.03. The lowest BCUT2D eigenvalue weighted by molar-refractivity contribution is 0.197. The van der Waals surface area contributed by atoms with Crippen molar-refractivity contribution in [2.45, 2.75) is 0 Å². The first kappa shape index (κ1) is 11.5. The molecule has 0 aromatic heterocycles. The van der Waals surface area contributed by atoms with Crippen molar-refractivity contribution in [1.82, 2.24) is 0 Å². The quantitative estimate of drug-likeness (QED) is 0.555. The van der Waals surface area contributed by atoms with Crippen molar-refractivity contribution in [3.63, 3.8) is 0 Å². The van der Waals surface area contributed by atoms with Crippen LogP contribution in [0.4, 0.5) is 5.69 Å². The molecule has 0 radical (unpaired) electrons. The van der Waals surface area contributed by atoms with Gasteiger partial charge in [0.2, 0.25) is 0 Å². The molecular weight excluding hydrogens is 174 g/mol. The van der Waals surface area contributed by atoms with Crippen molar-refractivity contribution >= 4 is 5.69 Å². The molecule has 0 aliphatic heterocycles. The Balaban J connectivity index is 0.00000144. The molecule has 74 valence electrons. The van der Waals surface area contributed by atoms with E-state index in [0.717, 1.165) is 0 Å². The Hall–Kier alpha value is -1.46. The van der Waals surface area contributed by atoms with Crippen molar-refractivity contribution in [3.05, 3.63) is 18.2 Å². The second-order valence-corrected chi connectivity index (χ2v) is 2.30. The van der Waals surface area contributed by atoms with E-state index in [1.54, 1.807) is 12.1 Å². The molecule has 0 bridgehead atoms. The van der Waals surface area contributed by atoms with E-state index in [1.165, 1.54) is 6.07 Å². The Kier molecular flexibility index (Phi) is 4.64. The fourth-order valence-electron chi connectivity index (χ4n) is 0.812. The zero-order valence-corrected chi connectivity index (χ0v) is 7.03. The first-order valence-electron chi connectivity index (χ1n) is 3.56. The number of phenols is 1. The molecule has 0 atom stereocenters. The second-order valence-electron chi connectivity index (χ2n) is 2.30. The molecule has 0 unspecified atom stereocenters. The fraction of sp³-hybridized carbons (Fsp3) is 0.250. The second kappa shape index (κ2) is 5.23. The first-order chi connectivity index (χ1) is 5.74. The molecule has 0 spiro atoms. The molecule has 0 aliphatic carbocycles. The number of rotatable bonds is 3. The lowest BCUT2D eigenvalue weighted by Gasteiger charge is -2.06. The summed E-state index contributed by atoms with van der Waals surface area (Å²) in [7, 11) is 0. The summed E-state index contributed by atoms with van der Waals surface area (Å²) in [5.41, 5.74) is 5.87. The van der Waals surface area contributed by atoms with E-state index in [1.807, 2.05) is 0 Å². The van der Waals surface area contributed by atoms with Crippen molar-refractivity contribution in [3.8, 4) is 11.5 Å². The highest BCUT2D eigenvalue weighted by Gasteiger charge is 2.00. The molecule has 5 nitrogen and oxygen atoms in total. The largest absolute Gasteiger partial charge is 0.504 e. The number of nitrogens with two attached hydrogens (primary N) is 1. The van der Waals surface area contributed by atoms with Gasteiger partial charge in [-0.25, -0.2) is 0 Å². The number of aliphatic hydroxyl groups is 1. The van der Waals surface area contributed by atoms with Gasteiger partial charge in [-0.05, 0) is 12.1 Å². The minimum atomic E-state index is -0.0795. The van der Waals surface area contributed by atoms with Gasteiger partial charge in [0.05, 0.1) is 6.61 Å². The Morgan fingerprint density at radius 3 is 2.62 bits per heavy atom. The number of anilines is 1. The predicted molar refractivity (Wildman–Crippen MR) is 48.7 cm³/mol. The van der Waals surface area contributed by atoms with Crippen LogP contribution < -0.4 is 10.5 Å². The first-order valence-corrected chi connectivity index (χ1v) is 3.56. The van der Waals surface area contributed by atoms with Gasteiger partial charge >= 0.3 is 0 Å². The molecule has 0 amide bonds. The van der Waals surface area contributed by atoms with Crippen LogP contribution in [0.15, 0.2) is 18.2 Å². The van der Waals surface area contributed by atoms with E-state index in [-0.39, 0.29) is 24.4 Å². The van der Waals surface area contributed by atoms with Crippen LogP contribution in [0.3, 0.4) is 0 Å². The minimum Gasteiger partial charge on any atom is -0.504 e. The average Bonchev–Trinajstić information content (AvgIpc) is 2.03. The van der Waals surface area contributed by atoms with Crippen LogP contribution in [0.1, 0.15) is 0 Å². The Labute approximate surface area is 75.7 Å². The third-order valence-corrected chi connectivity index (χ3v) is 1.33. The molecule has 0 aliphatic rings. The normalized spacial score (nSPS) is 9.00. The number of hydrogen-bond acceptors (Lipinski definition) is 4. The summed E-state index contributed by atoms with van der Waals surface area (Å²) in [5, 5.41) is 17.7. The summed E-state index contributed by atoms with van der Waals surface area (Å²) < 4.78 is 4.99. The number of aromatic hydroxyl groups is 1. The van der Waals surface area contributed by atoms with Gasteiger partial charge in [0.15, 0.2) is 11.5 Å². The number of aliphatic hydroxyl groups excluding tert-OH is 1. The van der Waals surface area contributed by atoms with Gasteiger partial charge in [-0.3, -0.25) is 0 Å². The van der Waals surface area contributed by atoms with Crippen LogP contribution in [0.2, 0.25) is 0 Å². The van der Waals surface area contributed by atoms with Crippen LogP contribution in [-0.4, -0.2) is 28.9 Å². The van der Waals surface area contributed by atoms with E-state index < -0.39 is 0 Å². The molecule has 6 N–H and O–H groups in total. The molecule has 5 heteroatoms. The summed E-state index contributed by atoms with van der Waals surface area (Å²) in [6.07, 6.45) is 0. The molecular formula is C8H13NO4. The summed E-state index contributed by atoms with van der Waals surface area (Å²) in [5.74, 6) is 0.321. The number of phenolic OH excluding ortho intramolecular Hbond substituents is 1. The van der Waals surface area contributed by atoms with Gasteiger partial charge < -0.3 is 26.2 Å². The van der Waals surface area contributed by atoms with E-state index in [4.69, 9.17) is 15.6 Å². The smallest absolute Gasteiger partial charge is 0.161 e. The standard InChI is InChI=1S/C8H11NO3.H2O/c9-6-1-2-8(7(11)5-6)12-4-3-10;/h1-2,5,10-11H,3-4,9H2;1H2. The lowest BCUT2D eigenvalue weighted by Crippen LogP contribution is -2.01. The summed E-state index contributed by atoms with van der Waals surface area (Å²) >= 11 is 0. The van der Waals surface area contributed by atoms with Crippen LogP contribution in [-0.2, 0) is 0 Å². The molecule has 1 aromatic rings. The third kappa shape index (κ3) is 3.18.